The molecule has 2 amide bonds. The Morgan fingerprint density at radius 2 is 1.81 bits per heavy atom. The first-order valence-electron chi connectivity index (χ1n) is 9.09. The molecular formula is C19H27ClN2O4. The number of ether oxygens (including phenoxy) is 2. The van der Waals surface area contributed by atoms with E-state index in [1.165, 1.54) is 7.11 Å². The predicted molar refractivity (Wildman–Crippen MR) is 101 cm³/mol. The minimum absolute atomic E-state index is 0.113. The van der Waals surface area contributed by atoms with E-state index in [1.807, 2.05) is 18.7 Å². The van der Waals surface area contributed by atoms with E-state index in [9.17, 15) is 9.59 Å². The molecule has 1 aromatic carbocycles. The fourth-order valence-electron chi connectivity index (χ4n) is 2.96. The molecule has 0 atom stereocenters. The van der Waals surface area contributed by atoms with Crippen molar-refractivity contribution in [2.24, 2.45) is 0 Å². The quantitative estimate of drug-likeness (QED) is 0.758. The van der Waals surface area contributed by atoms with Gasteiger partial charge in [0, 0.05) is 38.2 Å². The third-order valence-corrected chi connectivity index (χ3v) is 4.65. The van der Waals surface area contributed by atoms with Gasteiger partial charge >= 0.3 is 0 Å². The zero-order chi connectivity index (χ0) is 19.1. The van der Waals surface area contributed by atoms with Gasteiger partial charge in [-0.25, -0.2) is 0 Å². The molecule has 0 aromatic heterocycles. The summed E-state index contributed by atoms with van der Waals surface area (Å²) in [4.78, 5) is 28.4. The first kappa shape index (κ1) is 20.4. The van der Waals surface area contributed by atoms with Crippen LogP contribution in [0.3, 0.4) is 0 Å². The number of amides is 2. The highest BCUT2D eigenvalue weighted by molar-refractivity contribution is 6.32. The number of hydrogen-bond acceptors (Lipinski definition) is 4. The van der Waals surface area contributed by atoms with Gasteiger partial charge in [-0.05, 0) is 25.0 Å². The lowest BCUT2D eigenvalue weighted by Crippen LogP contribution is -2.37. The molecule has 26 heavy (non-hydrogen) atoms. The van der Waals surface area contributed by atoms with Crippen LogP contribution in [-0.2, 0) is 4.79 Å². The van der Waals surface area contributed by atoms with Crippen LogP contribution in [0, 0.1) is 0 Å². The minimum Gasteiger partial charge on any atom is -0.493 e. The Bertz CT molecular complexity index is 651. The van der Waals surface area contributed by atoms with Crippen LogP contribution in [-0.4, -0.2) is 61.5 Å². The largest absolute Gasteiger partial charge is 0.493 e. The van der Waals surface area contributed by atoms with Crippen molar-refractivity contribution in [2.45, 2.75) is 33.1 Å². The van der Waals surface area contributed by atoms with Gasteiger partial charge in [0.1, 0.15) is 0 Å². The molecule has 2 rings (SSSR count). The van der Waals surface area contributed by atoms with Crippen LogP contribution in [0.2, 0.25) is 5.02 Å². The molecule has 0 N–H and O–H groups in total. The van der Waals surface area contributed by atoms with Crippen LogP contribution < -0.4 is 9.47 Å². The first-order chi connectivity index (χ1) is 12.5. The average molecular weight is 383 g/mol. The van der Waals surface area contributed by atoms with Crippen molar-refractivity contribution in [3.63, 3.8) is 0 Å². The molecule has 0 unspecified atom stereocenters. The van der Waals surface area contributed by atoms with Crippen molar-refractivity contribution in [2.75, 3.05) is 39.9 Å². The molecule has 1 saturated heterocycles. The summed E-state index contributed by atoms with van der Waals surface area (Å²) in [6, 6.07) is 3.29. The van der Waals surface area contributed by atoms with Crippen LogP contribution >= 0.6 is 11.6 Å². The van der Waals surface area contributed by atoms with Crippen LogP contribution in [0.4, 0.5) is 0 Å². The van der Waals surface area contributed by atoms with Crippen molar-refractivity contribution >= 4 is 23.4 Å². The molecule has 7 heteroatoms. The fourth-order valence-corrected chi connectivity index (χ4v) is 3.23. The third kappa shape index (κ3) is 4.81. The standard InChI is InChI=1S/C19H27ClN2O4/c1-4-11-26-18-15(20)12-14(13-16(18)25-3)19(24)22-8-6-7-21(9-10-22)17(23)5-2/h12-13H,4-11H2,1-3H3. The van der Waals surface area contributed by atoms with Crippen LogP contribution in [0.15, 0.2) is 12.1 Å². The summed E-state index contributed by atoms with van der Waals surface area (Å²) in [6.07, 6.45) is 2.10. The van der Waals surface area contributed by atoms with Gasteiger partial charge in [-0.3, -0.25) is 9.59 Å². The van der Waals surface area contributed by atoms with Gasteiger partial charge in [0.25, 0.3) is 5.91 Å². The van der Waals surface area contributed by atoms with E-state index in [2.05, 4.69) is 0 Å². The molecule has 1 aliphatic rings. The molecule has 0 spiro atoms. The Labute approximate surface area is 160 Å². The monoisotopic (exact) mass is 382 g/mol. The molecule has 144 valence electrons. The number of halogens is 1. The van der Waals surface area contributed by atoms with Gasteiger partial charge < -0.3 is 19.3 Å². The highest BCUT2D eigenvalue weighted by atomic mass is 35.5. The third-order valence-electron chi connectivity index (χ3n) is 4.37. The Hall–Kier alpha value is -1.95. The van der Waals surface area contributed by atoms with E-state index in [4.69, 9.17) is 21.1 Å². The van der Waals surface area contributed by atoms with Gasteiger partial charge in [-0.1, -0.05) is 25.4 Å². The zero-order valence-corrected chi connectivity index (χ0v) is 16.5. The molecule has 0 radical (unpaired) electrons. The number of benzene rings is 1. The smallest absolute Gasteiger partial charge is 0.254 e. The number of nitrogens with zero attached hydrogens (tertiary/aromatic N) is 2. The lowest BCUT2D eigenvalue weighted by molar-refractivity contribution is -0.130. The number of carbonyl (C=O) groups excluding carboxylic acids is 2. The summed E-state index contributed by atoms with van der Waals surface area (Å²) >= 11 is 6.32. The second-order valence-corrected chi connectivity index (χ2v) is 6.63. The zero-order valence-electron chi connectivity index (χ0n) is 15.7. The summed E-state index contributed by atoms with van der Waals surface area (Å²) in [5.74, 6) is 0.925. The minimum atomic E-state index is -0.113. The van der Waals surface area contributed by atoms with Crippen molar-refractivity contribution in [3.8, 4) is 11.5 Å². The lowest BCUT2D eigenvalue weighted by atomic mass is 10.1. The van der Waals surface area contributed by atoms with Crippen molar-refractivity contribution in [1.82, 2.24) is 9.80 Å². The van der Waals surface area contributed by atoms with Crippen molar-refractivity contribution in [3.05, 3.63) is 22.7 Å². The summed E-state index contributed by atoms with van der Waals surface area (Å²) < 4.78 is 11.0. The number of hydrogen-bond donors (Lipinski definition) is 0. The Morgan fingerprint density at radius 1 is 1.12 bits per heavy atom. The van der Waals surface area contributed by atoms with Crippen molar-refractivity contribution in [1.29, 1.82) is 0 Å². The highest BCUT2D eigenvalue weighted by Crippen LogP contribution is 2.37. The van der Waals surface area contributed by atoms with E-state index in [-0.39, 0.29) is 11.8 Å². The van der Waals surface area contributed by atoms with Crippen LogP contribution in [0.1, 0.15) is 43.5 Å². The lowest BCUT2D eigenvalue weighted by Gasteiger charge is -2.22. The van der Waals surface area contributed by atoms with Crippen LogP contribution in [0.5, 0.6) is 11.5 Å². The fraction of sp³-hybridized carbons (Fsp3) is 0.579. The topological polar surface area (TPSA) is 59.1 Å². The molecule has 0 saturated carbocycles. The maximum Gasteiger partial charge on any atom is 0.254 e. The molecule has 0 aliphatic carbocycles. The van der Waals surface area contributed by atoms with E-state index >= 15 is 0 Å². The van der Waals surface area contributed by atoms with Crippen molar-refractivity contribution < 1.29 is 19.1 Å². The predicted octanol–water partition coefficient (Wildman–Crippen LogP) is 3.22. The average Bonchev–Trinajstić information content (AvgIpc) is 2.91. The molecule has 0 bridgehead atoms. The van der Waals surface area contributed by atoms with Gasteiger partial charge in [0.2, 0.25) is 5.91 Å². The van der Waals surface area contributed by atoms with E-state index in [1.54, 1.807) is 17.0 Å². The maximum atomic E-state index is 12.9. The summed E-state index contributed by atoms with van der Waals surface area (Å²) in [7, 11) is 1.53. The second-order valence-electron chi connectivity index (χ2n) is 6.22. The Balaban J connectivity index is 2.16. The summed E-state index contributed by atoms with van der Waals surface area (Å²) in [5, 5.41) is 0.360. The molecule has 1 aliphatic heterocycles. The Morgan fingerprint density at radius 3 is 2.46 bits per heavy atom. The van der Waals surface area contributed by atoms with Gasteiger partial charge in [0.05, 0.1) is 18.7 Å². The Kier molecular flexibility index (Phi) is 7.57. The first-order valence-corrected chi connectivity index (χ1v) is 9.46. The SMILES string of the molecule is CCCOc1c(Cl)cc(C(=O)N2CCCN(C(=O)CC)CC2)cc1OC. The number of carbonyl (C=O) groups is 2. The van der Waals surface area contributed by atoms with E-state index in [0.29, 0.717) is 61.3 Å². The van der Waals surface area contributed by atoms with Gasteiger partial charge in [-0.15, -0.1) is 0 Å². The molecule has 1 aromatic rings. The van der Waals surface area contributed by atoms with E-state index < -0.39 is 0 Å². The van der Waals surface area contributed by atoms with Gasteiger partial charge in [0.15, 0.2) is 11.5 Å². The molecule has 6 nitrogen and oxygen atoms in total. The second kappa shape index (κ2) is 9.67. The normalized spacial score (nSPS) is 14.8. The molecule has 1 fully saturated rings. The summed E-state index contributed by atoms with van der Waals surface area (Å²) in [6.45, 7) is 6.75. The van der Waals surface area contributed by atoms with E-state index in [0.717, 1.165) is 12.8 Å². The molecule has 1 heterocycles. The number of methoxy groups -OCH3 is 1. The molecular weight excluding hydrogens is 356 g/mol. The maximum absolute atomic E-state index is 12.9. The summed E-state index contributed by atoms with van der Waals surface area (Å²) in [5.41, 5.74) is 0.464. The highest BCUT2D eigenvalue weighted by Gasteiger charge is 2.24. The number of rotatable bonds is 6. The van der Waals surface area contributed by atoms with Crippen LogP contribution in [0.25, 0.3) is 0 Å². The van der Waals surface area contributed by atoms with Gasteiger partial charge in [-0.2, -0.15) is 0 Å².